The molecule has 6 heteroatoms. The second kappa shape index (κ2) is 9.72. The second-order valence-electron chi connectivity index (χ2n) is 9.14. The Morgan fingerprint density at radius 3 is 2.76 bits per heavy atom. The quantitative estimate of drug-likeness (QED) is 0.340. The standard InChI is InChI=1S/C28H29BrN4O/c1-19-8-5-13-24(20(19)2)31-28(34)21-9-7-15-32(17-21)18-27-30-25-12-3-4-14-26(25)33(27)23-11-6-10-22(29)16-23/h3-6,8,10-14,16,21H,7,9,15,17-18H2,1-2H3,(H,31,34)/t21-/m0/s1. The molecule has 1 aliphatic rings. The highest BCUT2D eigenvalue weighted by Gasteiger charge is 2.27. The first kappa shape index (κ1) is 22.8. The van der Waals surface area contributed by atoms with Crippen molar-refractivity contribution in [3.8, 4) is 5.69 Å². The van der Waals surface area contributed by atoms with Crippen LogP contribution in [-0.2, 0) is 11.3 Å². The molecule has 0 saturated carbocycles. The number of rotatable bonds is 5. The molecule has 0 aliphatic carbocycles. The fraction of sp³-hybridized carbons (Fsp3) is 0.286. The molecule has 0 spiro atoms. The molecular weight excluding hydrogens is 488 g/mol. The fourth-order valence-corrected chi connectivity index (χ4v) is 5.21. The molecule has 1 aromatic heterocycles. The Balaban J connectivity index is 1.37. The van der Waals surface area contributed by atoms with E-state index in [0.29, 0.717) is 6.54 Å². The van der Waals surface area contributed by atoms with E-state index in [0.717, 1.165) is 64.2 Å². The van der Waals surface area contributed by atoms with Crippen molar-refractivity contribution in [2.75, 3.05) is 18.4 Å². The number of imidazole rings is 1. The number of piperidine rings is 1. The number of carbonyl (C=O) groups is 1. The van der Waals surface area contributed by atoms with E-state index in [1.54, 1.807) is 0 Å². The summed E-state index contributed by atoms with van der Waals surface area (Å²) in [5.74, 6) is 1.08. The Kier molecular flexibility index (Phi) is 6.53. The number of hydrogen-bond acceptors (Lipinski definition) is 3. The molecule has 5 rings (SSSR count). The van der Waals surface area contributed by atoms with E-state index in [4.69, 9.17) is 4.98 Å². The molecule has 0 radical (unpaired) electrons. The minimum absolute atomic E-state index is 0.0302. The van der Waals surface area contributed by atoms with Crippen molar-refractivity contribution in [3.63, 3.8) is 0 Å². The summed E-state index contributed by atoms with van der Waals surface area (Å²) in [5, 5.41) is 3.18. The number of anilines is 1. The molecule has 34 heavy (non-hydrogen) atoms. The van der Waals surface area contributed by atoms with Crippen molar-refractivity contribution in [1.29, 1.82) is 0 Å². The molecule has 0 bridgehead atoms. The molecule has 3 aromatic carbocycles. The summed E-state index contributed by atoms with van der Waals surface area (Å²) in [6.45, 7) is 6.54. The number of amides is 1. The molecule has 4 aromatic rings. The number of benzene rings is 3. The Bertz CT molecular complexity index is 1350. The summed E-state index contributed by atoms with van der Waals surface area (Å²) >= 11 is 3.61. The van der Waals surface area contributed by atoms with Crippen LogP contribution in [0, 0.1) is 19.8 Å². The third-order valence-electron chi connectivity index (χ3n) is 6.80. The van der Waals surface area contributed by atoms with E-state index in [-0.39, 0.29) is 11.8 Å². The zero-order valence-electron chi connectivity index (χ0n) is 19.6. The van der Waals surface area contributed by atoms with Gasteiger partial charge >= 0.3 is 0 Å². The van der Waals surface area contributed by atoms with Gasteiger partial charge in [0.2, 0.25) is 5.91 Å². The van der Waals surface area contributed by atoms with Crippen LogP contribution in [-0.4, -0.2) is 33.4 Å². The maximum absolute atomic E-state index is 13.1. The number of fused-ring (bicyclic) bond motifs is 1. The lowest BCUT2D eigenvalue weighted by molar-refractivity contribution is -0.121. The SMILES string of the molecule is Cc1cccc(NC(=O)[C@H]2CCCN(Cc3nc4ccccc4n3-c3cccc(Br)c3)C2)c1C. The maximum Gasteiger partial charge on any atom is 0.228 e. The third kappa shape index (κ3) is 4.65. The highest BCUT2D eigenvalue weighted by atomic mass is 79.9. The van der Waals surface area contributed by atoms with Crippen LogP contribution in [0.25, 0.3) is 16.7 Å². The molecule has 1 amide bonds. The van der Waals surface area contributed by atoms with Crippen LogP contribution in [0.5, 0.6) is 0 Å². The molecule has 174 valence electrons. The number of carbonyl (C=O) groups excluding carboxylic acids is 1. The summed E-state index contributed by atoms with van der Waals surface area (Å²) in [4.78, 5) is 20.5. The summed E-state index contributed by atoms with van der Waals surface area (Å²) < 4.78 is 3.27. The van der Waals surface area contributed by atoms with Gasteiger partial charge in [0.25, 0.3) is 0 Å². The van der Waals surface area contributed by atoms with Gasteiger partial charge < -0.3 is 5.32 Å². The van der Waals surface area contributed by atoms with Gasteiger partial charge in [-0.3, -0.25) is 14.3 Å². The van der Waals surface area contributed by atoms with Gasteiger partial charge in [0, 0.05) is 22.4 Å². The number of aromatic nitrogens is 2. The molecule has 1 atom stereocenters. The summed E-state index contributed by atoms with van der Waals surface area (Å²) in [5.41, 5.74) is 6.40. The van der Waals surface area contributed by atoms with Crippen LogP contribution in [0.2, 0.25) is 0 Å². The topological polar surface area (TPSA) is 50.2 Å². The lowest BCUT2D eigenvalue weighted by atomic mass is 9.96. The van der Waals surface area contributed by atoms with Gasteiger partial charge in [0.1, 0.15) is 5.82 Å². The molecule has 1 fully saturated rings. The summed E-state index contributed by atoms with van der Waals surface area (Å²) in [7, 11) is 0. The predicted molar refractivity (Wildman–Crippen MR) is 141 cm³/mol. The number of aryl methyl sites for hydroxylation is 1. The smallest absolute Gasteiger partial charge is 0.228 e. The van der Waals surface area contributed by atoms with Crippen LogP contribution in [0.3, 0.4) is 0 Å². The highest BCUT2D eigenvalue weighted by Crippen LogP contribution is 2.27. The average Bonchev–Trinajstić information content (AvgIpc) is 3.20. The number of para-hydroxylation sites is 2. The van der Waals surface area contributed by atoms with Gasteiger partial charge in [0.05, 0.1) is 23.5 Å². The lowest BCUT2D eigenvalue weighted by Crippen LogP contribution is -2.40. The second-order valence-corrected chi connectivity index (χ2v) is 10.1. The number of hydrogen-bond donors (Lipinski definition) is 1. The molecule has 1 aliphatic heterocycles. The first-order valence-electron chi connectivity index (χ1n) is 11.8. The number of nitrogens with one attached hydrogen (secondary N) is 1. The number of halogens is 1. The van der Waals surface area contributed by atoms with Crippen molar-refractivity contribution >= 4 is 38.6 Å². The van der Waals surface area contributed by atoms with Gasteiger partial charge in [-0.25, -0.2) is 4.98 Å². The van der Waals surface area contributed by atoms with Gasteiger partial charge in [-0.15, -0.1) is 0 Å². The van der Waals surface area contributed by atoms with Crippen LogP contribution in [0.15, 0.2) is 71.2 Å². The van der Waals surface area contributed by atoms with Crippen LogP contribution >= 0.6 is 15.9 Å². The normalized spacial score (nSPS) is 16.6. The van der Waals surface area contributed by atoms with E-state index < -0.39 is 0 Å². The fourth-order valence-electron chi connectivity index (χ4n) is 4.82. The Morgan fingerprint density at radius 1 is 1.09 bits per heavy atom. The number of nitrogens with zero attached hydrogens (tertiary/aromatic N) is 3. The number of likely N-dealkylation sites (tertiary alicyclic amines) is 1. The van der Waals surface area contributed by atoms with Crippen molar-refractivity contribution in [2.24, 2.45) is 5.92 Å². The van der Waals surface area contributed by atoms with E-state index >= 15 is 0 Å². The van der Waals surface area contributed by atoms with Gasteiger partial charge in [0.15, 0.2) is 0 Å². The predicted octanol–water partition coefficient (Wildman–Crippen LogP) is 6.26. The molecule has 0 unspecified atom stereocenters. The Labute approximate surface area is 208 Å². The van der Waals surface area contributed by atoms with Crippen molar-refractivity contribution in [2.45, 2.75) is 33.2 Å². The first-order chi connectivity index (χ1) is 16.5. The minimum atomic E-state index is -0.0302. The Morgan fingerprint density at radius 2 is 1.91 bits per heavy atom. The monoisotopic (exact) mass is 516 g/mol. The van der Waals surface area contributed by atoms with E-state index in [9.17, 15) is 4.79 Å². The van der Waals surface area contributed by atoms with E-state index in [1.807, 2.05) is 30.3 Å². The van der Waals surface area contributed by atoms with Crippen molar-refractivity contribution in [3.05, 3.63) is 88.2 Å². The average molecular weight is 517 g/mol. The van der Waals surface area contributed by atoms with Crippen LogP contribution < -0.4 is 5.32 Å². The lowest BCUT2D eigenvalue weighted by Gasteiger charge is -2.32. The van der Waals surface area contributed by atoms with E-state index in [1.165, 1.54) is 5.56 Å². The molecule has 1 N–H and O–H groups in total. The highest BCUT2D eigenvalue weighted by molar-refractivity contribution is 9.10. The first-order valence-corrected chi connectivity index (χ1v) is 12.6. The van der Waals surface area contributed by atoms with Gasteiger partial charge in [-0.2, -0.15) is 0 Å². The zero-order valence-corrected chi connectivity index (χ0v) is 21.2. The minimum Gasteiger partial charge on any atom is -0.326 e. The van der Waals surface area contributed by atoms with E-state index in [2.05, 4.69) is 81.0 Å². The van der Waals surface area contributed by atoms with Crippen LogP contribution in [0.4, 0.5) is 5.69 Å². The largest absolute Gasteiger partial charge is 0.326 e. The van der Waals surface area contributed by atoms with Crippen molar-refractivity contribution < 1.29 is 4.79 Å². The maximum atomic E-state index is 13.1. The molecular formula is C28H29BrN4O. The molecule has 2 heterocycles. The summed E-state index contributed by atoms with van der Waals surface area (Å²) in [6.07, 6.45) is 1.91. The molecule has 5 nitrogen and oxygen atoms in total. The van der Waals surface area contributed by atoms with Gasteiger partial charge in [-0.05, 0) is 80.8 Å². The molecule has 1 saturated heterocycles. The van der Waals surface area contributed by atoms with Crippen LogP contribution in [0.1, 0.15) is 29.8 Å². The van der Waals surface area contributed by atoms with Gasteiger partial charge in [-0.1, -0.05) is 46.3 Å². The Hall–Kier alpha value is -2.96. The van der Waals surface area contributed by atoms with Crippen molar-refractivity contribution in [1.82, 2.24) is 14.5 Å². The summed E-state index contributed by atoms with van der Waals surface area (Å²) in [6, 6.07) is 22.6. The zero-order chi connectivity index (χ0) is 23.7. The third-order valence-corrected chi connectivity index (χ3v) is 7.29.